The average molecular weight is 231 g/mol. The maximum absolute atomic E-state index is 4.28. The van der Waals surface area contributed by atoms with Gasteiger partial charge >= 0.3 is 0 Å². The molecule has 2 aromatic heterocycles. The third-order valence-corrected chi connectivity index (χ3v) is 3.34. The number of hydrogen-bond donors (Lipinski definition) is 1. The van der Waals surface area contributed by atoms with Crippen LogP contribution in [0.3, 0.4) is 0 Å². The van der Waals surface area contributed by atoms with E-state index < -0.39 is 0 Å². The lowest BCUT2D eigenvalue weighted by Crippen LogP contribution is -2.25. The summed E-state index contributed by atoms with van der Waals surface area (Å²) in [5.74, 6) is 1.68. The van der Waals surface area contributed by atoms with Crippen LogP contribution in [0.4, 0.5) is 0 Å². The van der Waals surface area contributed by atoms with Crippen molar-refractivity contribution in [2.75, 3.05) is 6.54 Å². The average Bonchev–Trinajstić information content (AvgIpc) is 2.73. The highest BCUT2D eigenvalue weighted by Crippen LogP contribution is 2.20. The van der Waals surface area contributed by atoms with Crippen LogP contribution in [0, 0.1) is 0 Å². The van der Waals surface area contributed by atoms with Crippen LogP contribution < -0.4 is 5.32 Å². The smallest absolute Gasteiger partial charge is 0.254 e. The van der Waals surface area contributed by atoms with Gasteiger partial charge in [-0.25, -0.2) is 4.98 Å². The summed E-state index contributed by atoms with van der Waals surface area (Å²) in [5, 5.41) is 12.0. The van der Waals surface area contributed by atoms with Gasteiger partial charge in [0, 0.05) is 12.4 Å². The second-order valence-electron chi connectivity index (χ2n) is 4.56. The molecule has 1 aliphatic rings. The van der Waals surface area contributed by atoms with Crippen LogP contribution in [0.25, 0.3) is 5.78 Å². The Labute approximate surface area is 100 Å². The predicted octanol–water partition coefficient (Wildman–Crippen LogP) is 1.72. The molecule has 1 N–H and O–H groups in total. The first-order valence-electron chi connectivity index (χ1n) is 6.34. The van der Waals surface area contributed by atoms with Gasteiger partial charge in [-0.3, -0.25) is 4.40 Å². The summed E-state index contributed by atoms with van der Waals surface area (Å²) in [4.78, 5) is 4.20. The third-order valence-electron chi connectivity index (χ3n) is 3.34. The first-order chi connectivity index (χ1) is 8.45. The van der Waals surface area contributed by atoms with Crippen molar-refractivity contribution in [2.24, 2.45) is 0 Å². The molecule has 1 saturated heterocycles. The largest absolute Gasteiger partial charge is 0.307 e. The molecule has 3 heterocycles. The summed E-state index contributed by atoms with van der Waals surface area (Å²) in [7, 11) is 0. The van der Waals surface area contributed by atoms with Crippen molar-refractivity contribution in [3.8, 4) is 0 Å². The van der Waals surface area contributed by atoms with Gasteiger partial charge in [0.1, 0.15) is 0 Å². The first kappa shape index (κ1) is 10.7. The highest BCUT2D eigenvalue weighted by Gasteiger charge is 2.18. The number of nitrogens with one attached hydrogen (secondary N) is 1. The van der Waals surface area contributed by atoms with E-state index in [2.05, 4.69) is 20.5 Å². The number of nitrogens with zero attached hydrogens (tertiary/aromatic N) is 4. The fourth-order valence-corrected chi connectivity index (χ4v) is 2.42. The maximum atomic E-state index is 4.28. The van der Waals surface area contributed by atoms with Gasteiger partial charge in [0.05, 0.1) is 6.04 Å². The predicted molar refractivity (Wildman–Crippen MR) is 64.6 cm³/mol. The number of fused-ring (bicyclic) bond motifs is 1. The second-order valence-corrected chi connectivity index (χ2v) is 4.56. The SMILES string of the molecule is c1cnc2nnc(C3CCCCCCN3)n2c1. The van der Waals surface area contributed by atoms with E-state index in [0.29, 0.717) is 11.8 Å². The highest BCUT2D eigenvalue weighted by molar-refractivity contribution is 5.27. The topological polar surface area (TPSA) is 55.1 Å². The maximum Gasteiger partial charge on any atom is 0.254 e. The lowest BCUT2D eigenvalue weighted by molar-refractivity contribution is 0.411. The van der Waals surface area contributed by atoms with E-state index in [4.69, 9.17) is 0 Å². The summed E-state index contributed by atoms with van der Waals surface area (Å²) in [6.45, 7) is 1.07. The lowest BCUT2D eigenvalue weighted by atomic mass is 10.0. The third kappa shape index (κ3) is 2.15. The molecule has 17 heavy (non-hydrogen) atoms. The Balaban J connectivity index is 1.90. The van der Waals surface area contributed by atoms with E-state index >= 15 is 0 Å². The number of aromatic nitrogens is 4. The molecule has 0 bridgehead atoms. The van der Waals surface area contributed by atoms with Crippen molar-refractivity contribution in [2.45, 2.75) is 38.1 Å². The van der Waals surface area contributed by atoms with Crippen LogP contribution in [-0.2, 0) is 0 Å². The van der Waals surface area contributed by atoms with Crippen molar-refractivity contribution in [3.63, 3.8) is 0 Å². The Bertz CT molecular complexity index is 484. The minimum absolute atomic E-state index is 0.314. The van der Waals surface area contributed by atoms with Gasteiger partial charge in [0.15, 0.2) is 5.82 Å². The molecular weight excluding hydrogens is 214 g/mol. The van der Waals surface area contributed by atoms with Crippen LogP contribution >= 0.6 is 0 Å². The molecule has 5 heteroatoms. The molecule has 0 amide bonds. The van der Waals surface area contributed by atoms with E-state index in [1.165, 1.54) is 25.7 Å². The molecule has 1 unspecified atom stereocenters. The fraction of sp³-hybridized carbons (Fsp3) is 0.583. The summed E-state index contributed by atoms with van der Waals surface area (Å²) in [6.07, 6.45) is 10.0. The van der Waals surface area contributed by atoms with Crippen LogP contribution in [0.15, 0.2) is 18.5 Å². The van der Waals surface area contributed by atoms with Crippen LogP contribution in [0.5, 0.6) is 0 Å². The summed E-state index contributed by atoms with van der Waals surface area (Å²) < 4.78 is 1.99. The molecule has 90 valence electrons. The Hall–Kier alpha value is -1.49. The molecule has 0 spiro atoms. The van der Waals surface area contributed by atoms with Gasteiger partial charge in [-0.2, -0.15) is 0 Å². The van der Waals surface area contributed by atoms with Crippen molar-refractivity contribution in [1.29, 1.82) is 0 Å². The molecule has 0 saturated carbocycles. The zero-order chi connectivity index (χ0) is 11.5. The van der Waals surface area contributed by atoms with Crippen molar-refractivity contribution < 1.29 is 0 Å². The molecule has 0 radical (unpaired) electrons. The molecule has 2 aromatic rings. The Kier molecular flexibility index (Phi) is 3.00. The van der Waals surface area contributed by atoms with Gasteiger partial charge in [-0.1, -0.05) is 19.3 Å². The lowest BCUT2D eigenvalue weighted by Gasteiger charge is -2.19. The quantitative estimate of drug-likeness (QED) is 0.812. The molecular formula is C12H17N5. The minimum Gasteiger partial charge on any atom is -0.307 e. The van der Waals surface area contributed by atoms with Gasteiger partial charge < -0.3 is 5.32 Å². The first-order valence-corrected chi connectivity index (χ1v) is 6.34. The normalized spacial score (nSPS) is 22.2. The molecule has 1 aliphatic heterocycles. The minimum atomic E-state index is 0.314. The Morgan fingerprint density at radius 2 is 2.12 bits per heavy atom. The van der Waals surface area contributed by atoms with Gasteiger partial charge in [0.25, 0.3) is 5.78 Å². The van der Waals surface area contributed by atoms with E-state index in [1.807, 2.05) is 16.7 Å². The second kappa shape index (κ2) is 4.79. The van der Waals surface area contributed by atoms with Gasteiger partial charge in [0.2, 0.25) is 0 Å². The van der Waals surface area contributed by atoms with Crippen molar-refractivity contribution >= 4 is 5.78 Å². The van der Waals surface area contributed by atoms with E-state index in [-0.39, 0.29) is 0 Å². The fourth-order valence-electron chi connectivity index (χ4n) is 2.42. The monoisotopic (exact) mass is 231 g/mol. The van der Waals surface area contributed by atoms with Crippen molar-refractivity contribution in [3.05, 3.63) is 24.3 Å². The molecule has 1 fully saturated rings. The van der Waals surface area contributed by atoms with E-state index in [0.717, 1.165) is 18.8 Å². The summed E-state index contributed by atoms with van der Waals surface area (Å²) in [6, 6.07) is 2.23. The Morgan fingerprint density at radius 1 is 1.18 bits per heavy atom. The van der Waals surface area contributed by atoms with Gasteiger partial charge in [-0.15, -0.1) is 10.2 Å². The van der Waals surface area contributed by atoms with Crippen LogP contribution in [0.2, 0.25) is 0 Å². The van der Waals surface area contributed by atoms with E-state index in [9.17, 15) is 0 Å². The van der Waals surface area contributed by atoms with Crippen LogP contribution in [-0.4, -0.2) is 26.1 Å². The summed E-state index contributed by atoms with van der Waals surface area (Å²) >= 11 is 0. The Morgan fingerprint density at radius 3 is 3.12 bits per heavy atom. The molecule has 3 rings (SSSR count). The summed E-state index contributed by atoms with van der Waals surface area (Å²) in [5.41, 5.74) is 0. The number of rotatable bonds is 1. The van der Waals surface area contributed by atoms with Crippen molar-refractivity contribution in [1.82, 2.24) is 24.9 Å². The zero-order valence-corrected chi connectivity index (χ0v) is 9.84. The van der Waals surface area contributed by atoms with Gasteiger partial charge in [-0.05, 0) is 25.5 Å². The molecule has 1 atom stereocenters. The molecule has 0 aliphatic carbocycles. The molecule has 0 aromatic carbocycles. The highest BCUT2D eigenvalue weighted by atomic mass is 15.3. The standard InChI is InChI=1S/C12H17N5/c1-2-4-7-13-10(6-3-1)11-15-16-12-14-8-5-9-17(11)12/h5,8-10,13H,1-4,6-7H2. The molecule has 5 nitrogen and oxygen atoms in total. The number of hydrogen-bond acceptors (Lipinski definition) is 4. The van der Waals surface area contributed by atoms with E-state index in [1.54, 1.807) is 6.20 Å². The zero-order valence-electron chi connectivity index (χ0n) is 9.84. The van der Waals surface area contributed by atoms with Crippen LogP contribution in [0.1, 0.15) is 44.0 Å².